The van der Waals surface area contributed by atoms with E-state index in [2.05, 4.69) is 22.5 Å². The maximum atomic E-state index is 13.8. The second kappa shape index (κ2) is 10.5. The molecule has 1 aromatic rings. The molecule has 1 rings (SSSR count). The molecule has 0 saturated heterocycles. The summed E-state index contributed by atoms with van der Waals surface area (Å²) in [5, 5.41) is 0. The van der Waals surface area contributed by atoms with Crippen LogP contribution in [0.25, 0.3) is 0 Å². The third kappa shape index (κ3) is 6.71. The van der Waals surface area contributed by atoms with Crippen LogP contribution in [0.4, 0.5) is 4.39 Å². The Labute approximate surface area is 140 Å². The number of carbonyl (C=O) groups is 1. The van der Waals surface area contributed by atoms with Gasteiger partial charge in [0.2, 0.25) is 5.91 Å². The van der Waals surface area contributed by atoms with Crippen LogP contribution in [0.2, 0.25) is 0 Å². The molecule has 1 aromatic carbocycles. The summed E-state index contributed by atoms with van der Waals surface area (Å²) in [6.45, 7) is 5.05. The number of halogens is 2. The highest BCUT2D eigenvalue weighted by molar-refractivity contribution is 9.10. The Bertz CT molecular complexity index is 494. The number of amides is 1. The molecule has 0 spiro atoms. The van der Waals surface area contributed by atoms with E-state index in [-0.39, 0.29) is 18.3 Å². The van der Waals surface area contributed by atoms with Gasteiger partial charge in [0.1, 0.15) is 5.82 Å². The number of carbonyl (C=O) groups excluding carboxylic acids is 1. The van der Waals surface area contributed by atoms with E-state index in [1.807, 2.05) is 0 Å². The minimum absolute atomic E-state index is 0.0343. The summed E-state index contributed by atoms with van der Waals surface area (Å²) < 4.78 is 14.6. The molecule has 0 saturated carbocycles. The van der Waals surface area contributed by atoms with Gasteiger partial charge < -0.3 is 10.6 Å². The minimum Gasteiger partial charge on any atom is -0.335 e. The van der Waals surface area contributed by atoms with Gasteiger partial charge >= 0.3 is 0 Å². The van der Waals surface area contributed by atoms with Crippen LogP contribution in [0.1, 0.15) is 37.7 Å². The summed E-state index contributed by atoms with van der Waals surface area (Å²) in [6, 6.07) is 4.76. The maximum Gasteiger partial charge on any atom is 0.223 e. The Morgan fingerprint density at radius 1 is 1.32 bits per heavy atom. The van der Waals surface area contributed by atoms with Crippen molar-refractivity contribution in [2.24, 2.45) is 5.73 Å². The summed E-state index contributed by atoms with van der Waals surface area (Å²) in [5.41, 5.74) is 5.95. The van der Waals surface area contributed by atoms with Crippen molar-refractivity contribution in [3.8, 4) is 0 Å². The second-order valence-electron chi connectivity index (χ2n) is 5.25. The van der Waals surface area contributed by atoms with Crippen LogP contribution < -0.4 is 5.73 Å². The molecule has 0 heterocycles. The summed E-state index contributed by atoms with van der Waals surface area (Å²) in [5.74, 6) is -0.264. The van der Waals surface area contributed by atoms with Crippen LogP contribution in [0.15, 0.2) is 35.3 Å². The molecular weight excluding hydrogens is 347 g/mol. The van der Waals surface area contributed by atoms with E-state index < -0.39 is 0 Å². The van der Waals surface area contributed by atoms with E-state index in [0.717, 1.165) is 30.2 Å². The van der Waals surface area contributed by atoms with Gasteiger partial charge in [-0.2, -0.15) is 0 Å². The van der Waals surface area contributed by atoms with Gasteiger partial charge in [-0.1, -0.05) is 34.8 Å². The maximum absolute atomic E-state index is 13.8. The average Bonchev–Trinajstić information content (AvgIpc) is 2.50. The summed E-state index contributed by atoms with van der Waals surface area (Å²) in [4.78, 5) is 13.9. The van der Waals surface area contributed by atoms with Gasteiger partial charge in [-0.25, -0.2) is 4.39 Å². The topological polar surface area (TPSA) is 46.3 Å². The molecule has 3 nitrogen and oxygen atoms in total. The molecule has 5 heteroatoms. The lowest BCUT2D eigenvalue weighted by atomic mass is 10.1. The lowest BCUT2D eigenvalue weighted by molar-refractivity contribution is -0.131. The molecule has 0 fully saturated rings. The molecule has 2 N–H and O–H groups in total. The van der Waals surface area contributed by atoms with Crippen LogP contribution in [0.3, 0.4) is 0 Å². The molecule has 0 aliphatic heterocycles. The van der Waals surface area contributed by atoms with Crippen molar-refractivity contribution >= 4 is 21.8 Å². The van der Waals surface area contributed by atoms with Crippen molar-refractivity contribution in [1.29, 1.82) is 0 Å². The fourth-order valence-corrected chi connectivity index (χ4v) is 2.62. The average molecular weight is 371 g/mol. The number of hydrogen-bond acceptors (Lipinski definition) is 2. The van der Waals surface area contributed by atoms with Gasteiger partial charge in [-0.05, 0) is 37.6 Å². The largest absolute Gasteiger partial charge is 0.335 e. The van der Waals surface area contributed by atoms with Crippen molar-refractivity contribution in [2.75, 3.05) is 13.1 Å². The predicted molar refractivity (Wildman–Crippen MR) is 91.9 cm³/mol. The smallest absolute Gasteiger partial charge is 0.223 e. The molecule has 0 aliphatic carbocycles. The third-order valence-electron chi connectivity index (χ3n) is 3.42. The lowest BCUT2D eigenvalue weighted by Gasteiger charge is -2.22. The van der Waals surface area contributed by atoms with E-state index in [9.17, 15) is 9.18 Å². The lowest BCUT2D eigenvalue weighted by Crippen LogP contribution is -2.30. The van der Waals surface area contributed by atoms with Crippen LogP contribution in [0.5, 0.6) is 0 Å². The standard InChI is InChI=1S/C17H24BrFN2O/c1-2-11-21(17(22)7-5-3-4-6-10-20)13-14-12-15(18)8-9-16(14)19/h2,8-9,12H,1,3-7,10-11,13,20H2. The fourth-order valence-electron chi connectivity index (χ4n) is 2.21. The Morgan fingerprint density at radius 2 is 2.05 bits per heavy atom. The Hall–Kier alpha value is -1.20. The van der Waals surface area contributed by atoms with Gasteiger partial charge in [-0.3, -0.25) is 4.79 Å². The minimum atomic E-state index is -0.298. The van der Waals surface area contributed by atoms with E-state index in [1.54, 1.807) is 23.1 Å². The molecule has 0 radical (unpaired) electrons. The highest BCUT2D eigenvalue weighted by Gasteiger charge is 2.14. The third-order valence-corrected chi connectivity index (χ3v) is 3.91. The number of nitrogens with two attached hydrogens (primary N) is 1. The first-order chi connectivity index (χ1) is 10.6. The second-order valence-corrected chi connectivity index (χ2v) is 6.17. The van der Waals surface area contributed by atoms with Crippen LogP contribution in [-0.4, -0.2) is 23.9 Å². The zero-order valence-electron chi connectivity index (χ0n) is 12.9. The molecule has 0 bridgehead atoms. The Kier molecular flexibility index (Phi) is 9.01. The van der Waals surface area contributed by atoms with Crippen molar-refractivity contribution in [3.05, 3.63) is 46.7 Å². The quantitative estimate of drug-likeness (QED) is 0.499. The Morgan fingerprint density at radius 3 is 2.73 bits per heavy atom. The van der Waals surface area contributed by atoms with E-state index in [1.165, 1.54) is 6.07 Å². The zero-order chi connectivity index (χ0) is 16.4. The van der Waals surface area contributed by atoms with Crippen molar-refractivity contribution < 1.29 is 9.18 Å². The van der Waals surface area contributed by atoms with E-state index >= 15 is 0 Å². The zero-order valence-corrected chi connectivity index (χ0v) is 14.4. The highest BCUT2D eigenvalue weighted by atomic mass is 79.9. The van der Waals surface area contributed by atoms with Crippen molar-refractivity contribution in [2.45, 2.75) is 38.6 Å². The van der Waals surface area contributed by atoms with E-state index in [4.69, 9.17) is 5.73 Å². The van der Waals surface area contributed by atoms with Crippen LogP contribution in [0, 0.1) is 5.82 Å². The van der Waals surface area contributed by atoms with Crippen molar-refractivity contribution in [1.82, 2.24) is 4.90 Å². The van der Waals surface area contributed by atoms with Gasteiger partial charge in [-0.15, -0.1) is 6.58 Å². The highest BCUT2D eigenvalue weighted by Crippen LogP contribution is 2.18. The number of unbranched alkanes of at least 4 members (excludes halogenated alkanes) is 3. The molecular formula is C17H24BrFN2O. The Balaban J connectivity index is 2.58. The monoisotopic (exact) mass is 370 g/mol. The molecule has 122 valence electrons. The van der Waals surface area contributed by atoms with Crippen LogP contribution >= 0.6 is 15.9 Å². The van der Waals surface area contributed by atoms with Gasteiger partial charge in [0.25, 0.3) is 0 Å². The first-order valence-corrected chi connectivity index (χ1v) is 8.40. The number of rotatable bonds is 10. The first-order valence-electron chi connectivity index (χ1n) is 7.61. The first kappa shape index (κ1) is 18.8. The fraction of sp³-hybridized carbons (Fsp3) is 0.471. The normalized spacial score (nSPS) is 10.5. The number of nitrogens with zero attached hydrogens (tertiary/aromatic N) is 1. The molecule has 0 aliphatic rings. The molecule has 0 aromatic heterocycles. The SMILES string of the molecule is C=CCN(Cc1cc(Br)ccc1F)C(=O)CCCCCCN. The summed E-state index contributed by atoms with van der Waals surface area (Å²) >= 11 is 3.33. The van der Waals surface area contributed by atoms with Gasteiger partial charge in [0.15, 0.2) is 0 Å². The number of hydrogen-bond donors (Lipinski definition) is 1. The predicted octanol–water partition coefficient (Wildman–Crippen LogP) is 4.01. The molecule has 0 atom stereocenters. The molecule has 1 amide bonds. The van der Waals surface area contributed by atoms with Gasteiger partial charge in [0.05, 0.1) is 0 Å². The molecule has 0 unspecified atom stereocenters. The van der Waals surface area contributed by atoms with E-state index in [0.29, 0.717) is 25.1 Å². The molecule has 22 heavy (non-hydrogen) atoms. The van der Waals surface area contributed by atoms with Gasteiger partial charge in [0, 0.05) is 29.5 Å². The number of benzene rings is 1. The van der Waals surface area contributed by atoms with Crippen LogP contribution in [-0.2, 0) is 11.3 Å². The van der Waals surface area contributed by atoms with Crippen molar-refractivity contribution in [3.63, 3.8) is 0 Å². The summed E-state index contributed by atoms with van der Waals surface area (Å²) in [6.07, 6.45) is 6.03. The summed E-state index contributed by atoms with van der Waals surface area (Å²) in [7, 11) is 0.